The summed E-state index contributed by atoms with van der Waals surface area (Å²) in [7, 11) is 1.71. The molecule has 30 heavy (non-hydrogen) atoms. The summed E-state index contributed by atoms with van der Waals surface area (Å²) in [5.74, 6) is 1.69. The van der Waals surface area contributed by atoms with Gasteiger partial charge < -0.3 is 14.8 Å². The van der Waals surface area contributed by atoms with Crippen LogP contribution in [0, 0.1) is 0 Å². The fraction of sp³-hybridized carbons (Fsp3) is 0.556. The van der Waals surface area contributed by atoms with Crippen molar-refractivity contribution in [1.82, 2.24) is 5.32 Å². The lowest BCUT2D eigenvalue weighted by Gasteiger charge is -2.19. The molecule has 2 rings (SSSR count). The van der Waals surface area contributed by atoms with Crippen LogP contribution in [-0.2, 0) is 18.5 Å². The Bertz CT molecular complexity index is 732. The molecular weight excluding hydrogens is 370 g/mol. The van der Waals surface area contributed by atoms with Gasteiger partial charge in [-0.1, -0.05) is 96.2 Å². The summed E-state index contributed by atoms with van der Waals surface area (Å²) in [6, 6.07) is 15.0. The van der Waals surface area contributed by atoms with Gasteiger partial charge in [-0.2, -0.15) is 0 Å². The highest BCUT2D eigenvalue weighted by Crippen LogP contribution is 2.31. The van der Waals surface area contributed by atoms with Crippen LogP contribution in [0.2, 0.25) is 0 Å². The van der Waals surface area contributed by atoms with E-state index >= 15 is 0 Å². The second kappa shape index (κ2) is 12.6. The number of hydrogen-bond acceptors (Lipinski definition) is 3. The molecule has 0 saturated heterocycles. The summed E-state index contributed by atoms with van der Waals surface area (Å²) in [6.45, 7) is 11.3. The third kappa shape index (κ3) is 8.02. The van der Waals surface area contributed by atoms with Crippen LogP contribution in [-0.4, -0.2) is 13.7 Å². The van der Waals surface area contributed by atoms with Crippen LogP contribution in [0.5, 0.6) is 11.5 Å². The molecule has 166 valence electrons. The first-order valence-corrected chi connectivity index (χ1v) is 11.5. The first kappa shape index (κ1) is 24.3. The highest BCUT2D eigenvalue weighted by atomic mass is 16.5. The molecule has 0 atom stereocenters. The van der Waals surface area contributed by atoms with Crippen LogP contribution in [0.1, 0.15) is 82.9 Å². The average molecular weight is 412 g/mol. The minimum absolute atomic E-state index is 0.189. The van der Waals surface area contributed by atoms with E-state index < -0.39 is 0 Å². The van der Waals surface area contributed by atoms with E-state index in [1.165, 1.54) is 43.2 Å². The fourth-order valence-electron chi connectivity index (χ4n) is 3.55. The highest BCUT2D eigenvalue weighted by molar-refractivity contribution is 5.46. The monoisotopic (exact) mass is 411 g/mol. The minimum Gasteiger partial charge on any atom is -0.493 e. The Kier molecular flexibility index (Phi) is 10.2. The lowest BCUT2D eigenvalue weighted by molar-refractivity contribution is 0.281. The number of ether oxygens (including phenoxy) is 2. The van der Waals surface area contributed by atoms with Gasteiger partial charge in [0, 0.05) is 18.7 Å². The van der Waals surface area contributed by atoms with Gasteiger partial charge in [-0.3, -0.25) is 0 Å². The number of methoxy groups -OCH3 is 1. The molecular formula is C27H41NO2. The van der Waals surface area contributed by atoms with Crippen LogP contribution in [0.4, 0.5) is 0 Å². The standard InChI is InChI=1S/C27H41NO2/c1-6-7-8-9-10-11-19-30-26-23(13-12-14-25(26)29-5)21-28-20-22-15-17-24(18-16-22)27(2,3)4/h12-18,28H,6-11,19-21H2,1-5H3. The molecule has 3 heteroatoms. The van der Waals surface area contributed by atoms with Crippen molar-refractivity contribution in [3.8, 4) is 11.5 Å². The van der Waals surface area contributed by atoms with Crippen molar-refractivity contribution in [1.29, 1.82) is 0 Å². The van der Waals surface area contributed by atoms with E-state index in [2.05, 4.69) is 63.3 Å². The molecule has 0 spiro atoms. The molecule has 2 aromatic rings. The Hall–Kier alpha value is -2.00. The van der Waals surface area contributed by atoms with Crippen LogP contribution < -0.4 is 14.8 Å². The summed E-state index contributed by atoms with van der Waals surface area (Å²) in [4.78, 5) is 0. The van der Waals surface area contributed by atoms with Gasteiger partial charge in [-0.05, 0) is 29.0 Å². The third-order valence-corrected chi connectivity index (χ3v) is 5.49. The normalized spacial score (nSPS) is 11.5. The number of para-hydroxylation sites is 1. The highest BCUT2D eigenvalue weighted by Gasteiger charge is 2.13. The second-order valence-corrected chi connectivity index (χ2v) is 9.12. The Labute approximate surface area is 184 Å². The fourth-order valence-corrected chi connectivity index (χ4v) is 3.55. The van der Waals surface area contributed by atoms with E-state index in [4.69, 9.17) is 9.47 Å². The molecule has 0 saturated carbocycles. The van der Waals surface area contributed by atoms with E-state index in [9.17, 15) is 0 Å². The minimum atomic E-state index is 0.189. The molecule has 3 nitrogen and oxygen atoms in total. The topological polar surface area (TPSA) is 30.5 Å². The number of hydrogen-bond donors (Lipinski definition) is 1. The molecule has 0 fully saturated rings. The van der Waals surface area contributed by atoms with Gasteiger partial charge in [-0.15, -0.1) is 0 Å². The summed E-state index contributed by atoms with van der Waals surface area (Å²) in [5.41, 5.74) is 3.99. The zero-order valence-corrected chi connectivity index (χ0v) is 19.7. The molecule has 0 bridgehead atoms. The number of unbranched alkanes of at least 4 members (excludes halogenated alkanes) is 5. The Balaban J connectivity index is 1.87. The number of rotatable bonds is 13. The maximum atomic E-state index is 6.16. The molecule has 0 aliphatic heterocycles. The Morgan fingerprint density at radius 1 is 0.833 bits per heavy atom. The third-order valence-electron chi connectivity index (χ3n) is 5.49. The van der Waals surface area contributed by atoms with Gasteiger partial charge in [0.2, 0.25) is 0 Å². The molecule has 0 aliphatic rings. The van der Waals surface area contributed by atoms with Crippen molar-refractivity contribution in [3.63, 3.8) is 0 Å². The van der Waals surface area contributed by atoms with Crippen LogP contribution in [0.3, 0.4) is 0 Å². The SMILES string of the molecule is CCCCCCCCOc1c(CNCc2ccc(C(C)(C)C)cc2)cccc1OC. The van der Waals surface area contributed by atoms with Gasteiger partial charge in [-0.25, -0.2) is 0 Å². The first-order chi connectivity index (χ1) is 14.5. The van der Waals surface area contributed by atoms with E-state index in [0.717, 1.165) is 43.2 Å². The van der Waals surface area contributed by atoms with E-state index in [0.29, 0.717) is 0 Å². The van der Waals surface area contributed by atoms with Crippen molar-refractivity contribution in [3.05, 3.63) is 59.2 Å². The molecule has 0 heterocycles. The molecule has 0 aromatic heterocycles. The summed E-state index contributed by atoms with van der Waals surface area (Å²) in [6.07, 6.45) is 7.57. The maximum absolute atomic E-state index is 6.16. The second-order valence-electron chi connectivity index (χ2n) is 9.12. The zero-order chi connectivity index (χ0) is 21.8. The van der Waals surface area contributed by atoms with E-state index in [-0.39, 0.29) is 5.41 Å². The predicted molar refractivity (Wildman–Crippen MR) is 128 cm³/mol. The van der Waals surface area contributed by atoms with E-state index in [1.807, 2.05) is 12.1 Å². The molecule has 0 radical (unpaired) electrons. The van der Waals surface area contributed by atoms with Crippen molar-refractivity contribution >= 4 is 0 Å². The number of benzene rings is 2. The van der Waals surface area contributed by atoms with Crippen molar-refractivity contribution < 1.29 is 9.47 Å². The van der Waals surface area contributed by atoms with Gasteiger partial charge >= 0.3 is 0 Å². The quantitative estimate of drug-likeness (QED) is 0.359. The van der Waals surface area contributed by atoms with Crippen molar-refractivity contribution in [2.45, 2.75) is 84.7 Å². The lowest BCUT2D eigenvalue weighted by atomic mass is 9.87. The molecule has 0 amide bonds. The van der Waals surface area contributed by atoms with Gasteiger partial charge in [0.05, 0.1) is 13.7 Å². The van der Waals surface area contributed by atoms with Crippen molar-refractivity contribution in [2.75, 3.05) is 13.7 Å². The van der Waals surface area contributed by atoms with Gasteiger partial charge in [0.1, 0.15) is 0 Å². The summed E-state index contributed by atoms with van der Waals surface area (Å²) >= 11 is 0. The molecule has 0 aliphatic carbocycles. The average Bonchev–Trinajstić information content (AvgIpc) is 2.73. The van der Waals surface area contributed by atoms with Crippen LogP contribution in [0.15, 0.2) is 42.5 Å². The summed E-state index contributed by atoms with van der Waals surface area (Å²) < 4.78 is 11.7. The van der Waals surface area contributed by atoms with Crippen molar-refractivity contribution in [2.24, 2.45) is 0 Å². The number of nitrogens with one attached hydrogen (secondary N) is 1. The molecule has 1 N–H and O–H groups in total. The first-order valence-electron chi connectivity index (χ1n) is 11.5. The molecule has 2 aromatic carbocycles. The van der Waals surface area contributed by atoms with Crippen LogP contribution in [0.25, 0.3) is 0 Å². The van der Waals surface area contributed by atoms with E-state index in [1.54, 1.807) is 7.11 Å². The van der Waals surface area contributed by atoms with Crippen LogP contribution >= 0.6 is 0 Å². The zero-order valence-electron chi connectivity index (χ0n) is 19.7. The molecule has 0 unspecified atom stereocenters. The van der Waals surface area contributed by atoms with Gasteiger partial charge in [0.15, 0.2) is 11.5 Å². The summed E-state index contributed by atoms with van der Waals surface area (Å²) in [5, 5.41) is 3.56. The Morgan fingerprint density at radius 2 is 1.53 bits per heavy atom. The predicted octanol–water partition coefficient (Wildman–Crippen LogP) is 7.02. The van der Waals surface area contributed by atoms with Gasteiger partial charge in [0.25, 0.3) is 0 Å². The smallest absolute Gasteiger partial charge is 0.165 e. The maximum Gasteiger partial charge on any atom is 0.165 e. The lowest BCUT2D eigenvalue weighted by Crippen LogP contribution is -2.15. The largest absolute Gasteiger partial charge is 0.493 e. The Morgan fingerprint density at radius 3 is 2.20 bits per heavy atom.